The molecular formula is C18H28N2O. The third kappa shape index (κ3) is 3.31. The van der Waals surface area contributed by atoms with Crippen molar-refractivity contribution in [2.75, 3.05) is 33.3 Å². The highest BCUT2D eigenvalue weighted by Crippen LogP contribution is 2.43. The third-order valence-corrected chi connectivity index (χ3v) is 5.08. The number of nitrogens with one attached hydrogen (secondary N) is 1. The lowest BCUT2D eigenvalue weighted by atomic mass is 9.70. The van der Waals surface area contributed by atoms with E-state index in [-0.39, 0.29) is 0 Å². The minimum Gasteiger partial charge on any atom is -0.374 e. The van der Waals surface area contributed by atoms with Crippen LogP contribution >= 0.6 is 0 Å². The molecule has 1 aromatic carbocycles. The number of hydrogen-bond acceptors (Lipinski definition) is 3. The number of rotatable bonds is 3. The second-order valence-corrected chi connectivity index (χ2v) is 7.28. The van der Waals surface area contributed by atoms with Crippen molar-refractivity contribution in [2.24, 2.45) is 5.41 Å². The topological polar surface area (TPSA) is 24.5 Å². The first-order valence-electron chi connectivity index (χ1n) is 8.17. The van der Waals surface area contributed by atoms with E-state index in [2.05, 4.69) is 55.4 Å². The van der Waals surface area contributed by atoms with Crippen LogP contribution in [-0.4, -0.2) is 44.3 Å². The molecule has 1 heterocycles. The minimum absolute atomic E-state index is 0.301. The van der Waals surface area contributed by atoms with Crippen molar-refractivity contribution in [3.05, 3.63) is 35.4 Å². The molecule has 2 atom stereocenters. The monoisotopic (exact) mass is 288 g/mol. The number of aryl methyl sites for hydroxylation is 1. The molecule has 1 saturated heterocycles. The summed E-state index contributed by atoms with van der Waals surface area (Å²) >= 11 is 0. The summed E-state index contributed by atoms with van der Waals surface area (Å²) in [6, 6.07) is 9.33. The maximum absolute atomic E-state index is 5.89. The zero-order valence-electron chi connectivity index (χ0n) is 13.6. The zero-order chi connectivity index (χ0) is 14.9. The highest BCUT2D eigenvalue weighted by molar-refractivity contribution is 5.34. The minimum atomic E-state index is 0.301. The first-order valence-corrected chi connectivity index (χ1v) is 8.17. The number of hydrogen-bond donors (Lipinski definition) is 1. The van der Waals surface area contributed by atoms with Crippen molar-refractivity contribution in [3.63, 3.8) is 0 Å². The van der Waals surface area contributed by atoms with Crippen LogP contribution in [0.2, 0.25) is 0 Å². The van der Waals surface area contributed by atoms with Gasteiger partial charge in [-0.15, -0.1) is 0 Å². The van der Waals surface area contributed by atoms with Gasteiger partial charge in [0.25, 0.3) is 0 Å². The number of likely N-dealkylation sites (N-methyl/N-ethyl adjacent to an activating group) is 1. The Balaban J connectivity index is 1.70. The Hall–Kier alpha value is -0.900. The van der Waals surface area contributed by atoms with Gasteiger partial charge in [-0.3, -0.25) is 0 Å². The molecule has 3 rings (SSSR count). The predicted molar refractivity (Wildman–Crippen MR) is 86.5 cm³/mol. The van der Waals surface area contributed by atoms with E-state index in [0.29, 0.717) is 17.6 Å². The molecule has 3 heteroatoms. The first kappa shape index (κ1) is 15.0. The van der Waals surface area contributed by atoms with E-state index in [1.807, 2.05) is 0 Å². The van der Waals surface area contributed by atoms with Crippen LogP contribution in [0.5, 0.6) is 0 Å². The number of benzene rings is 1. The molecule has 2 aliphatic rings. The van der Waals surface area contributed by atoms with Crippen molar-refractivity contribution in [1.29, 1.82) is 0 Å². The summed E-state index contributed by atoms with van der Waals surface area (Å²) in [5.74, 6) is 0. The number of ether oxygens (including phenoxy) is 1. The summed E-state index contributed by atoms with van der Waals surface area (Å²) in [7, 11) is 2.18. The van der Waals surface area contributed by atoms with Crippen molar-refractivity contribution in [3.8, 4) is 0 Å². The largest absolute Gasteiger partial charge is 0.374 e. The molecule has 116 valence electrons. The number of fused-ring (bicyclic) bond motifs is 1. The van der Waals surface area contributed by atoms with Crippen LogP contribution in [0.15, 0.2) is 24.3 Å². The summed E-state index contributed by atoms with van der Waals surface area (Å²) in [6.07, 6.45) is 2.76. The van der Waals surface area contributed by atoms with Gasteiger partial charge in [0, 0.05) is 25.7 Å². The van der Waals surface area contributed by atoms with Crippen LogP contribution in [0.1, 0.15) is 37.4 Å². The van der Waals surface area contributed by atoms with E-state index in [4.69, 9.17) is 4.74 Å². The van der Waals surface area contributed by atoms with E-state index in [1.165, 1.54) is 24.0 Å². The summed E-state index contributed by atoms with van der Waals surface area (Å²) < 4.78 is 5.89. The molecule has 0 saturated carbocycles. The Labute approximate surface area is 128 Å². The lowest BCUT2D eigenvalue weighted by Gasteiger charge is -2.42. The molecule has 1 aliphatic heterocycles. The second-order valence-electron chi connectivity index (χ2n) is 7.28. The Morgan fingerprint density at radius 2 is 2.14 bits per heavy atom. The quantitative estimate of drug-likeness (QED) is 0.925. The van der Waals surface area contributed by atoms with Gasteiger partial charge in [0.2, 0.25) is 0 Å². The maximum atomic E-state index is 5.89. The SMILES string of the molecule is CN1CCOC(CNC2c3ccccc3CCC2(C)C)C1. The fraction of sp³-hybridized carbons (Fsp3) is 0.667. The van der Waals surface area contributed by atoms with Gasteiger partial charge >= 0.3 is 0 Å². The smallest absolute Gasteiger partial charge is 0.0826 e. The molecule has 2 unspecified atom stereocenters. The molecular weight excluding hydrogens is 260 g/mol. The summed E-state index contributed by atoms with van der Waals surface area (Å²) in [4.78, 5) is 2.36. The van der Waals surface area contributed by atoms with E-state index in [9.17, 15) is 0 Å². The molecule has 0 radical (unpaired) electrons. The van der Waals surface area contributed by atoms with Crippen molar-refractivity contribution in [2.45, 2.75) is 38.8 Å². The zero-order valence-corrected chi connectivity index (χ0v) is 13.6. The molecule has 0 amide bonds. The molecule has 1 aliphatic carbocycles. The van der Waals surface area contributed by atoms with Crippen molar-refractivity contribution in [1.82, 2.24) is 10.2 Å². The number of morpholine rings is 1. The molecule has 1 N–H and O–H groups in total. The summed E-state index contributed by atoms with van der Waals surface area (Å²) in [6.45, 7) is 8.64. The molecule has 0 bridgehead atoms. The van der Waals surface area contributed by atoms with Gasteiger partial charge in [-0.05, 0) is 36.4 Å². The van der Waals surface area contributed by atoms with Crippen molar-refractivity contribution < 1.29 is 4.74 Å². The summed E-state index contributed by atoms with van der Waals surface area (Å²) in [5.41, 5.74) is 3.29. The standard InChI is InChI=1S/C18H28N2O/c1-18(2)9-8-14-6-4-5-7-16(14)17(18)19-12-15-13-20(3)10-11-21-15/h4-7,15,17,19H,8-13H2,1-3H3. The van der Waals surface area contributed by atoms with E-state index in [0.717, 1.165) is 26.2 Å². The summed E-state index contributed by atoms with van der Waals surface area (Å²) in [5, 5.41) is 3.81. The normalized spacial score (nSPS) is 29.1. The molecule has 3 nitrogen and oxygen atoms in total. The highest BCUT2D eigenvalue weighted by Gasteiger charge is 2.35. The highest BCUT2D eigenvalue weighted by atomic mass is 16.5. The van der Waals surface area contributed by atoms with Crippen molar-refractivity contribution >= 4 is 0 Å². The first-order chi connectivity index (χ1) is 10.1. The van der Waals surface area contributed by atoms with Gasteiger partial charge in [0.15, 0.2) is 0 Å². The van der Waals surface area contributed by atoms with E-state index >= 15 is 0 Å². The average Bonchev–Trinajstić information content (AvgIpc) is 2.46. The Kier molecular flexibility index (Phi) is 4.34. The molecule has 1 aromatic rings. The van der Waals surface area contributed by atoms with Crippen LogP contribution in [0.25, 0.3) is 0 Å². The van der Waals surface area contributed by atoms with Gasteiger partial charge in [0.05, 0.1) is 12.7 Å². The molecule has 0 spiro atoms. The van der Waals surface area contributed by atoms with Crippen LogP contribution in [0, 0.1) is 5.41 Å². The van der Waals surface area contributed by atoms with E-state index < -0.39 is 0 Å². The van der Waals surface area contributed by atoms with Gasteiger partial charge in [-0.2, -0.15) is 0 Å². The van der Waals surface area contributed by atoms with Crippen LogP contribution in [-0.2, 0) is 11.2 Å². The molecule has 1 fully saturated rings. The lowest BCUT2D eigenvalue weighted by Crippen LogP contribution is -2.47. The Morgan fingerprint density at radius 3 is 2.95 bits per heavy atom. The van der Waals surface area contributed by atoms with Crippen LogP contribution < -0.4 is 5.32 Å². The fourth-order valence-electron chi connectivity index (χ4n) is 3.69. The fourth-order valence-corrected chi connectivity index (χ4v) is 3.69. The molecule has 21 heavy (non-hydrogen) atoms. The third-order valence-electron chi connectivity index (χ3n) is 5.08. The van der Waals surface area contributed by atoms with Gasteiger partial charge < -0.3 is 15.0 Å². The van der Waals surface area contributed by atoms with Gasteiger partial charge in [0.1, 0.15) is 0 Å². The van der Waals surface area contributed by atoms with Gasteiger partial charge in [-0.1, -0.05) is 38.1 Å². The average molecular weight is 288 g/mol. The lowest BCUT2D eigenvalue weighted by molar-refractivity contribution is -0.0216. The van der Waals surface area contributed by atoms with Crippen LogP contribution in [0.4, 0.5) is 0 Å². The second kappa shape index (κ2) is 6.07. The van der Waals surface area contributed by atoms with Gasteiger partial charge in [-0.25, -0.2) is 0 Å². The molecule has 0 aromatic heterocycles. The number of nitrogens with zero attached hydrogens (tertiary/aromatic N) is 1. The maximum Gasteiger partial charge on any atom is 0.0826 e. The Morgan fingerprint density at radius 1 is 1.33 bits per heavy atom. The van der Waals surface area contributed by atoms with E-state index in [1.54, 1.807) is 0 Å². The van der Waals surface area contributed by atoms with Crippen LogP contribution in [0.3, 0.4) is 0 Å². The predicted octanol–water partition coefficient (Wildman–Crippen LogP) is 2.62. The Bertz CT molecular complexity index is 486.